The molecule has 0 unspecified atom stereocenters. The van der Waals surface area contributed by atoms with E-state index in [1.54, 1.807) is 14.2 Å². The van der Waals surface area contributed by atoms with Gasteiger partial charge in [-0.25, -0.2) is 0 Å². The summed E-state index contributed by atoms with van der Waals surface area (Å²) in [6.07, 6.45) is 5.65. The Morgan fingerprint density at radius 3 is 2.30 bits per heavy atom. The van der Waals surface area contributed by atoms with Crippen molar-refractivity contribution in [3.8, 4) is 11.5 Å². The zero-order valence-electron chi connectivity index (χ0n) is 19.5. The number of carboxylic acid groups (broad SMARTS) is 1. The highest BCUT2D eigenvalue weighted by Crippen LogP contribution is 2.36. The molecule has 0 aliphatic rings. The number of aliphatic hydroxyl groups excluding tert-OH is 1. The predicted octanol–water partition coefficient (Wildman–Crippen LogP) is 4.81. The number of hydrogen-bond acceptors (Lipinski definition) is 4. The highest BCUT2D eigenvalue weighted by atomic mass is 16.5. The second-order valence-electron chi connectivity index (χ2n) is 8.42. The summed E-state index contributed by atoms with van der Waals surface area (Å²) >= 11 is 0. The Labute approximate surface area is 195 Å². The van der Waals surface area contributed by atoms with E-state index in [0.29, 0.717) is 18.0 Å². The summed E-state index contributed by atoms with van der Waals surface area (Å²) in [5.74, 6) is 0.425. The normalized spacial score (nSPS) is 12.8. The topological polar surface area (TPSA) is 80.9 Å². The van der Waals surface area contributed by atoms with E-state index >= 15 is 0 Å². The molecular formula is C27H33NO5. The van der Waals surface area contributed by atoms with E-state index in [-0.39, 0.29) is 12.3 Å². The Hall–Kier alpha value is -3.25. The van der Waals surface area contributed by atoms with E-state index in [0.717, 1.165) is 36.0 Å². The number of rotatable bonds is 12. The fourth-order valence-electron chi connectivity index (χ4n) is 4.27. The maximum atomic E-state index is 11.4. The van der Waals surface area contributed by atoms with Crippen LogP contribution in [0.2, 0.25) is 0 Å². The summed E-state index contributed by atoms with van der Waals surface area (Å²) in [4.78, 5) is 11.0. The van der Waals surface area contributed by atoms with Crippen LogP contribution in [-0.2, 0) is 24.2 Å². The van der Waals surface area contributed by atoms with Crippen LogP contribution in [0.4, 0.5) is 0 Å². The van der Waals surface area contributed by atoms with Crippen LogP contribution in [0.15, 0.2) is 60.9 Å². The molecule has 2 N–H and O–H groups in total. The number of aliphatic carboxylic acids is 1. The molecule has 2 aromatic carbocycles. The molecule has 0 bridgehead atoms. The van der Waals surface area contributed by atoms with Crippen molar-refractivity contribution in [3.05, 3.63) is 83.2 Å². The van der Waals surface area contributed by atoms with Gasteiger partial charge in [-0.15, -0.1) is 0 Å². The average molecular weight is 452 g/mol. The lowest BCUT2D eigenvalue weighted by atomic mass is 9.89. The Morgan fingerprint density at radius 2 is 1.70 bits per heavy atom. The maximum Gasteiger partial charge on any atom is 0.307 e. The van der Waals surface area contributed by atoms with Gasteiger partial charge in [-0.3, -0.25) is 4.79 Å². The summed E-state index contributed by atoms with van der Waals surface area (Å²) in [5.41, 5.74) is 3.66. The number of carbonyl (C=O) groups is 1. The van der Waals surface area contributed by atoms with Crippen LogP contribution in [0.5, 0.6) is 11.5 Å². The molecule has 0 saturated carbocycles. The average Bonchev–Trinajstić information content (AvgIpc) is 3.24. The molecule has 33 heavy (non-hydrogen) atoms. The zero-order valence-corrected chi connectivity index (χ0v) is 19.5. The fourth-order valence-corrected chi connectivity index (χ4v) is 4.27. The van der Waals surface area contributed by atoms with E-state index in [1.807, 2.05) is 60.3 Å². The van der Waals surface area contributed by atoms with Crippen molar-refractivity contribution in [1.82, 2.24) is 4.57 Å². The van der Waals surface area contributed by atoms with Crippen molar-refractivity contribution < 1.29 is 24.5 Å². The van der Waals surface area contributed by atoms with E-state index in [4.69, 9.17) is 14.6 Å². The SMILES string of the molecule is COc1cc([C@@H](O)[C@@H](CCCc2ccccc2)Cn2ccc(CC(=O)O)c2)cc(OC)c1C. The van der Waals surface area contributed by atoms with Gasteiger partial charge >= 0.3 is 5.97 Å². The van der Waals surface area contributed by atoms with Gasteiger partial charge in [-0.2, -0.15) is 0 Å². The third kappa shape index (κ3) is 6.62. The molecule has 0 spiro atoms. The van der Waals surface area contributed by atoms with Crippen molar-refractivity contribution in [1.29, 1.82) is 0 Å². The van der Waals surface area contributed by atoms with Gasteiger partial charge in [-0.05, 0) is 61.1 Å². The van der Waals surface area contributed by atoms with E-state index in [2.05, 4.69) is 12.1 Å². The van der Waals surface area contributed by atoms with Gasteiger partial charge in [-0.1, -0.05) is 30.3 Å². The van der Waals surface area contributed by atoms with Crippen molar-refractivity contribution in [2.75, 3.05) is 14.2 Å². The van der Waals surface area contributed by atoms with E-state index < -0.39 is 12.1 Å². The first-order chi connectivity index (χ1) is 15.9. The summed E-state index contributed by atoms with van der Waals surface area (Å²) in [6.45, 7) is 2.50. The predicted molar refractivity (Wildman–Crippen MR) is 128 cm³/mol. The summed E-state index contributed by atoms with van der Waals surface area (Å²) in [5, 5.41) is 20.5. The Bertz CT molecular complexity index is 1020. The molecule has 3 rings (SSSR count). The lowest BCUT2D eigenvalue weighted by Gasteiger charge is -2.25. The number of nitrogens with zero attached hydrogens (tertiary/aromatic N) is 1. The molecule has 2 atom stereocenters. The molecule has 0 aliphatic heterocycles. The van der Waals surface area contributed by atoms with E-state index in [9.17, 15) is 9.90 Å². The fraction of sp³-hybridized carbons (Fsp3) is 0.370. The van der Waals surface area contributed by atoms with Crippen molar-refractivity contribution in [3.63, 3.8) is 0 Å². The Kier molecular flexibility index (Phi) is 8.55. The van der Waals surface area contributed by atoms with Gasteiger partial charge in [0.2, 0.25) is 0 Å². The smallest absolute Gasteiger partial charge is 0.307 e. The number of aryl methyl sites for hydroxylation is 1. The molecule has 0 fully saturated rings. The van der Waals surface area contributed by atoms with Crippen LogP contribution < -0.4 is 9.47 Å². The molecule has 6 nitrogen and oxygen atoms in total. The van der Waals surface area contributed by atoms with Gasteiger partial charge in [0.15, 0.2) is 0 Å². The number of hydrogen-bond donors (Lipinski definition) is 2. The summed E-state index contributed by atoms with van der Waals surface area (Å²) in [7, 11) is 3.22. The minimum absolute atomic E-state index is 0.0133. The van der Waals surface area contributed by atoms with Crippen LogP contribution in [0, 0.1) is 12.8 Å². The van der Waals surface area contributed by atoms with Crippen LogP contribution in [-0.4, -0.2) is 35.0 Å². The number of aliphatic hydroxyl groups is 1. The monoisotopic (exact) mass is 451 g/mol. The minimum Gasteiger partial charge on any atom is -0.496 e. The third-order valence-corrected chi connectivity index (χ3v) is 6.06. The molecule has 1 aromatic heterocycles. The first-order valence-corrected chi connectivity index (χ1v) is 11.2. The molecule has 0 saturated heterocycles. The Balaban J connectivity index is 1.81. The Morgan fingerprint density at radius 1 is 1.03 bits per heavy atom. The second-order valence-corrected chi connectivity index (χ2v) is 8.42. The molecule has 0 aliphatic carbocycles. The molecule has 0 radical (unpaired) electrons. The van der Waals surface area contributed by atoms with Crippen molar-refractivity contribution >= 4 is 5.97 Å². The second kappa shape index (κ2) is 11.6. The molecule has 176 valence electrons. The molecular weight excluding hydrogens is 418 g/mol. The molecule has 1 heterocycles. The summed E-state index contributed by atoms with van der Waals surface area (Å²) in [6, 6.07) is 15.9. The third-order valence-electron chi connectivity index (χ3n) is 6.06. The highest BCUT2D eigenvalue weighted by molar-refractivity contribution is 5.70. The lowest BCUT2D eigenvalue weighted by Crippen LogP contribution is -2.19. The zero-order chi connectivity index (χ0) is 23.8. The number of methoxy groups -OCH3 is 2. The molecule has 3 aromatic rings. The van der Waals surface area contributed by atoms with Crippen molar-refractivity contribution in [2.45, 2.75) is 45.3 Å². The quantitative estimate of drug-likeness (QED) is 0.413. The largest absolute Gasteiger partial charge is 0.496 e. The lowest BCUT2D eigenvalue weighted by molar-refractivity contribution is -0.136. The van der Waals surface area contributed by atoms with Gasteiger partial charge < -0.3 is 24.3 Å². The maximum absolute atomic E-state index is 11.4. The number of ether oxygens (including phenoxy) is 2. The van der Waals surface area contributed by atoms with Gasteiger partial charge in [0.05, 0.1) is 26.7 Å². The number of benzene rings is 2. The van der Waals surface area contributed by atoms with Crippen molar-refractivity contribution in [2.24, 2.45) is 5.92 Å². The number of carboxylic acids is 1. The minimum atomic E-state index is -0.856. The molecule has 6 heteroatoms. The highest BCUT2D eigenvalue weighted by Gasteiger charge is 2.24. The molecule has 0 amide bonds. The van der Waals surface area contributed by atoms with Crippen LogP contribution >= 0.6 is 0 Å². The van der Waals surface area contributed by atoms with Gasteiger partial charge in [0.1, 0.15) is 11.5 Å². The van der Waals surface area contributed by atoms with Crippen LogP contribution in [0.3, 0.4) is 0 Å². The number of aromatic nitrogens is 1. The van der Waals surface area contributed by atoms with Gasteiger partial charge in [0.25, 0.3) is 0 Å². The van der Waals surface area contributed by atoms with Crippen LogP contribution in [0.1, 0.15) is 41.2 Å². The standard InChI is InChI=1S/C27H33NO5/c1-19-24(32-2)15-23(16-25(19)33-3)27(31)22(11-7-10-20-8-5-4-6-9-20)18-28-13-12-21(17-28)14-26(29)30/h4-6,8-9,12-13,15-17,22,27,31H,7,10-11,14,18H2,1-3H3,(H,29,30)/t22-,27-/m0/s1. The van der Waals surface area contributed by atoms with Gasteiger partial charge in [0, 0.05) is 30.4 Å². The first kappa shape index (κ1) is 24.4. The summed E-state index contributed by atoms with van der Waals surface area (Å²) < 4.78 is 13.0. The van der Waals surface area contributed by atoms with E-state index in [1.165, 1.54) is 5.56 Å². The van der Waals surface area contributed by atoms with Crippen LogP contribution in [0.25, 0.3) is 0 Å². The first-order valence-electron chi connectivity index (χ1n) is 11.2.